The first-order chi connectivity index (χ1) is 13.5. The van der Waals surface area contributed by atoms with Crippen molar-refractivity contribution in [1.82, 2.24) is 14.5 Å². The molecule has 0 radical (unpaired) electrons. The molecule has 3 heterocycles. The average molecular weight is 417 g/mol. The molecule has 1 aromatic carbocycles. The molecule has 28 heavy (non-hydrogen) atoms. The van der Waals surface area contributed by atoms with E-state index in [1.807, 2.05) is 23.1 Å². The van der Waals surface area contributed by atoms with Gasteiger partial charge in [-0.2, -0.15) is 0 Å². The van der Waals surface area contributed by atoms with E-state index in [9.17, 15) is 9.59 Å². The molecule has 2 aliphatic heterocycles. The molecular formula is C20H24N4O2S2. The molecule has 0 spiro atoms. The van der Waals surface area contributed by atoms with E-state index in [4.69, 9.17) is 0 Å². The number of nitrogens with zero attached hydrogens (tertiary/aromatic N) is 4. The largest absolute Gasteiger partial charge is 0.368 e. The molecule has 148 valence electrons. The lowest BCUT2D eigenvalue weighted by atomic mass is 10.2. The monoisotopic (exact) mass is 416 g/mol. The minimum Gasteiger partial charge on any atom is -0.368 e. The number of anilines is 1. The summed E-state index contributed by atoms with van der Waals surface area (Å²) in [4.78, 5) is 34.8. The van der Waals surface area contributed by atoms with Gasteiger partial charge in [0.05, 0.1) is 16.3 Å². The highest BCUT2D eigenvalue weighted by Gasteiger charge is 2.26. The summed E-state index contributed by atoms with van der Waals surface area (Å²) >= 11 is 2.97. The van der Waals surface area contributed by atoms with Crippen molar-refractivity contribution in [2.75, 3.05) is 36.8 Å². The van der Waals surface area contributed by atoms with Crippen molar-refractivity contribution in [2.24, 2.45) is 7.05 Å². The molecule has 4 rings (SSSR count). The average Bonchev–Trinajstić information content (AvgIpc) is 3.10. The zero-order valence-electron chi connectivity index (χ0n) is 16.1. The van der Waals surface area contributed by atoms with Crippen LogP contribution < -0.4 is 10.5 Å². The standard InChI is InChI=1S/C20H24N4O2S2/c1-14-12-16-18(28-14)19(26)22(2)20(21-16)27-13-17(25)24-10-8-23(9-11-24)15-6-4-3-5-7-15/h3-7,14H,8-13H2,1-2H3/t14-/m1/s1. The van der Waals surface area contributed by atoms with E-state index in [1.165, 1.54) is 17.4 Å². The smallest absolute Gasteiger partial charge is 0.267 e. The Hall–Kier alpha value is -1.93. The Morgan fingerprint density at radius 1 is 1.21 bits per heavy atom. The lowest BCUT2D eigenvalue weighted by Crippen LogP contribution is -2.49. The van der Waals surface area contributed by atoms with Gasteiger partial charge in [-0.15, -0.1) is 11.8 Å². The van der Waals surface area contributed by atoms with E-state index in [2.05, 4.69) is 28.9 Å². The molecule has 0 saturated carbocycles. The van der Waals surface area contributed by atoms with Crippen LogP contribution >= 0.6 is 23.5 Å². The van der Waals surface area contributed by atoms with Crippen LogP contribution in [0.5, 0.6) is 0 Å². The van der Waals surface area contributed by atoms with Gasteiger partial charge in [-0.25, -0.2) is 4.98 Å². The molecule has 0 unspecified atom stereocenters. The highest BCUT2D eigenvalue weighted by atomic mass is 32.2. The Bertz CT molecular complexity index is 924. The van der Waals surface area contributed by atoms with E-state index in [0.29, 0.717) is 16.2 Å². The van der Waals surface area contributed by atoms with Crippen molar-refractivity contribution in [3.05, 3.63) is 46.4 Å². The molecule has 2 aliphatic rings. The number of aromatic nitrogens is 2. The van der Waals surface area contributed by atoms with Crippen LogP contribution in [0.3, 0.4) is 0 Å². The van der Waals surface area contributed by atoms with Gasteiger partial charge in [0.15, 0.2) is 5.16 Å². The molecule has 6 nitrogen and oxygen atoms in total. The third-order valence-corrected chi connectivity index (χ3v) is 7.39. The third-order valence-electron chi connectivity index (χ3n) is 5.16. The lowest BCUT2D eigenvalue weighted by molar-refractivity contribution is -0.128. The molecule has 0 N–H and O–H groups in total. The zero-order valence-corrected chi connectivity index (χ0v) is 17.8. The Morgan fingerprint density at radius 3 is 2.64 bits per heavy atom. The molecule has 0 aliphatic carbocycles. The van der Waals surface area contributed by atoms with E-state index in [-0.39, 0.29) is 11.5 Å². The minimum atomic E-state index is 0.00535. The molecular weight excluding hydrogens is 392 g/mol. The Balaban J connectivity index is 1.35. The van der Waals surface area contributed by atoms with E-state index in [0.717, 1.165) is 43.2 Å². The maximum Gasteiger partial charge on any atom is 0.267 e. The van der Waals surface area contributed by atoms with Crippen LogP contribution in [0, 0.1) is 0 Å². The summed E-state index contributed by atoms with van der Waals surface area (Å²) in [6.45, 7) is 5.23. The zero-order chi connectivity index (χ0) is 19.7. The Morgan fingerprint density at radius 2 is 1.93 bits per heavy atom. The first-order valence-corrected chi connectivity index (χ1v) is 11.4. The quantitative estimate of drug-likeness (QED) is 0.563. The van der Waals surface area contributed by atoms with Gasteiger partial charge in [0.1, 0.15) is 0 Å². The van der Waals surface area contributed by atoms with Gasteiger partial charge < -0.3 is 9.80 Å². The van der Waals surface area contributed by atoms with Crippen molar-refractivity contribution < 1.29 is 4.79 Å². The number of hydrogen-bond donors (Lipinski definition) is 0. The fourth-order valence-electron chi connectivity index (χ4n) is 3.58. The van der Waals surface area contributed by atoms with Crippen LogP contribution in [-0.2, 0) is 18.3 Å². The van der Waals surface area contributed by atoms with Crippen LogP contribution in [0.25, 0.3) is 0 Å². The third kappa shape index (κ3) is 3.93. The molecule has 1 saturated heterocycles. The highest BCUT2D eigenvalue weighted by molar-refractivity contribution is 8.00. The summed E-state index contributed by atoms with van der Waals surface area (Å²) in [5, 5.41) is 1.02. The number of thioether (sulfide) groups is 2. The molecule has 2 aromatic rings. The van der Waals surface area contributed by atoms with Gasteiger partial charge in [-0.3, -0.25) is 14.2 Å². The summed E-state index contributed by atoms with van der Waals surface area (Å²) in [6.07, 6.45) is 0.818. The summed E-state index contributed by atoms with van der Waals surface area (Å²) in [5.41, 5.74) is 2.09. The number of hydrogen-bond acceptors (Lipinski definition) is 6. The van der Waals surface area contributed by atoms with Crippen LogP contribution in [0.15, 0.2) is 45.2 Å². The second-order valence-corrected chi connectivity index (χ2v) is 9.55. The maximum atomic E-state index is 12.7. The SMILES string of the molecule is C[C@@H]1Cc2nc(SCC(=O)N3CCN(c4ccccc4)CC3)n(C)c(=O)c2S1. The van der Waals surface area contributed by atoms with Crippen LogP contribution in [0.1, 0.15) is 12.6 Å². The number of carbonyl (C=O) groups is 1. The van der Waals surface area contributed by atoms with E-state index < -0.39 is 0 Å². The predicted molar refractivity (Wildman–Crippen MR) is 114 cm³/mol. The normalized spacial score (nSPS) is 19.0. The fraction of sp³-hybridized carbons (Fsp3) is 0.450. The number of para-hydroxylation sites is 1. The summed E-state index contributed by atoms with van der Waals surface area (Å²) in [6, 6.07) is 10.3. The molecule has 8 heteroatoms. The highest BCUT2D eigenvalue weighted by Crippen LogP contribution is 2.34. The molecule has 1 fully saturated rings. The van der Waals surface area contributed by atoms with Crippen molar-refractivity contribution in [1.29, 1.82) is 0 Å². The maximum absolute atomic E-state index is 12.7. The Kier molecular flexibility index (Phi) is 5.68. The first-order valence-electron chi connectivity index (χ1n) is 9.50. The molecule has 1 amide bonds. The number of carbonyl (C=O) groups excluding carboxylic acids is 1. The van der Waals surface area contributed by atoms with Gasteiger partial charge >= 0.3 is 0 Å². The van der Waals surface area contributed by atoms with Crippen LogP contribution in [-0.4, -0.2) is 57.5 Å². The molecule has 0 bridgehead atoms. The van der Waals surface area contributed by atoms with Crippen LogP contribution in [0.4, 0.5) is 5.69 Å². The fourth-order valence-corrected chi connectivity index (χ4v) is 5.61. The second kappa shape index (κ2) is 8.21. The minimum absolute atomic E-state index is 0.00535. The van der Waals surface area contributed by atoms with E-state index in [1.54, 1.807) is 23.4 Å². The van der Waals surface area contributed by atoms with Gasteiger partial charge in [0, 0.05) is 50.6 Å². The lowest BCUT2D eigenvalue weighted by Gasteiger charge is -2.36. The Labute approximate surface area is 173 Å². The van der Waals surface area contributed by atoms with Crippen molar-refractivity contribution in [2.45, 2.75) is 28.6 Å². The van der Waals surface area contributed by atoms with Crippen molar-refractivity contribution in [3.63, 3.8) is 0 Å². The van der Waals surface area contributed by atoms with Gasteiger partial charge in [0.25, 0.3) is 5.56 Å². The number of benzene rings is 1. The van der Waals surface area contributed by atoms with Gasteiger partial charge in [-0.05, 0) is 12.1 Å². The second-order valence-electron chi connectivity index (χ2n) is 7.16. The predicted octanol–water partition coefficient (Wildman–Crippen LogP) is 2.26. The number of amides is 1. The van der Waals surface area contributed by atoms with Crippen molar-refractivity contribution in [3.8, 4) is 0 Å². The summed E-state index contributed by atoms with van der Waals surface area (Å²) < 4.78 is 1.58. The molecule has 1 atom stereocenters. The first kappa shape index (κ1) is 19.4. The number of piperazine rings is 1. The van der Waals surface area contributed by atoms with Crippen LogP contribution in [0.2, 0.25) is 0 Å². The van der Waals surface area contributed by atoms with Gasteiger partial charge in [-0.1, -0.05) is 36.9 Å². The van der Waals surface area contributed by atoms with Gasteiger partial charge in [0.2, 0.25) is 5.91 Å². The van der Waals surface area contributed by atoms with E-state index >= 15 is 0 Å². The number of fused-ring (bicyclic) bond motifs is 1. The number of rotatable bonds is 4. The van der Waals surface area contributed by atoms with Crippen molar-refractivity contribution >= 4 is 35.1 Å². The topological polar surface area (TPSA) is 58.4 Å². The molecule has 1 aromatic heterocycles. The summed E-state index contributed by atoms with van der Waals surface area (Å²) in [7, 11) is 1.74. The summed E-state index contributed by atoms with van der Waals surface area (Å²) in [5.74, 6) is 0.419.